The van der Waals surface area contributed by atoms with Crippen molar-refractivity contribution in [2.24, 2.45) is 23.2 Å². The largest absolute Gasteiger partial charge is 0.464 e. The number of pyridine rings is 1. The summed E-state index contributed by atoms with van der Waals surface area (Å²) in [6.07, 6.45) is 6.01. The number of urea groups is 1. The Balaban J connectivity index is 1.12. The molecule has 3 aromatic heterocycles. The monoisotopic (exact) mass is 948 g/mol. The molecule has 0 spiro atoms. The molecule has 0 aliphatic carbocycles. The molecule has 7 heterocycles. The van der Waals surface area contributed by atoms with E-state index < -0.39 is 41.3 Å². The fraction of sp³-hybridized carbons (Fsp3) is 0.538. The molecule has 0 unspecified atom stereocenters. The lowest BCUT2D eigenvalue weighted by Crippen LogP contribution is -2.62. The molecule has 3 fully saturated rings. The second kappa shape index (κ2) is 20.2. The van der Waals surface area contributed by atoms with Gasteiger partial charge in [0.15, 0.2) is 0 Å². The minimum Gasteiger partial charge on any atom is -0.464 e. The number of fused-ring (bicyclic) bond motifs is 7. The van der Waals surface area contributed by atoms with Crippen molar-refractivity contribution < 1.29 is 28.7 Å². The lowest BCUT2D eigenvalue weighted by Gasteiger charge is -2.37. The number of allylic oxidation sites excluding steroid dienone is 1. The number of piperidine rings is 1. The van der Waals surface area contributed by atoms with E-state index in [1.54, 1.807) is 26.4 Å². The molecule has 15 nitrogen and oxygen atoms in total. The van der Waals surface area contributed by atoms with Gasteiger partial charge in [0, 0.05) is 105 Å². The molecule has 4 aliphatic rings. The normalized spacial score (nSPS) is 22.9. The van der Waals surface area contributed by atoms with E-state index in [0.717, 1.165) is 69.9 Å². The van der Waals surface area contributed by atoms with Crippen molar-refractivity contribution in [2.45, 2.75) is 104 Å². The third kappa shape index (κ3) is 9.82. The second-order valence-corrected chi connectivity index (χ2v) is 21.2. The number of rotatable bonds is 10. The number of esters is 1. The number of cyclic esters (lactones) is 1. The van der Waals surface area contributed by atoms with Gasteiger partial charge >= 0.3 is 12.0 Å². The highest BCUT2D eigenvalue weighted by Gasteiger charge is 2.43. The summed E-state index contributed by atoms with van der Waals surface area (Å²) in [5.41, 5.74) is 10.3. The summed E-state index contributed by atoms with van der Waals surface area (Å²) in [4.78, 5) is 73.1. The van der Waals surface area contributed by atoms with Gasteiger partial charge in [-0.1, -0.05) is 46.9 Å². The second-order valence-electron chi connectivity index (χ2n) is 20.2. The zero-order valence-corrected chi connectivity index (χ0v) is 41.9. The van der Waals surface area contributed by atoms with Crippen LogP contribution in [0.15, 0.2) is 66.8 Å². The Morgan fingerprint density at radius 3 is 2.60 bits per heavy atom. The smallest absolute Gasteiger partial charge is 0.324 e. The fourth-order valence-electron chi connectivity index (χ4n) is 10.8. The molecule has 4 amide bonds. The van der Waals surface area contributed by atoms with Gasteiger partial charge in [0.1, 0.15) is 18.1 Å². The first-order chi connectivity index (χ1) is 32.5. The van der Waals surface area contributed by atoms with Gasteiger partial charge in [-0.05, 0) is 93.2 Å². The molecule has 1 aromatic carbocycles. The Morgan fingerprint density at radius 1 is 1.10 bits per heavy atom. The van der Waals surface area contributed by atoms with Crippen LogP contribution < -0.4 is 10.7 Å². The predicted octanol–water partition coefficient (Wildman–Crippen LogP) is 7.23. The van der Waals surface area contributed by atoms with Crippen molar-refractivity contribution >= 4 is 46.1 Å². The third-order valence-electron chi connectivity index (χ3n) is 14.5. The van der Waals surface area contributed by atoms with E-state index in [9.17, 15) is 19.2 Å². The first-order valence-electron chi connectivity index (χ1n) is 24.2. The lowest BCUT2D eigenvalue weighted by atomic mass is 9.84. The summed E-state index contributed by atoms with van der Waals surface area (Å²) >= 11 is 1.43. The number of hydrogen-bond donors (Lipinski definition) is 2. The van der Waals surface area contributed by atoms with Crippen molar-refractivity contribution in [3.63, 3.8) is 0 Å². The van der Waals surface area contributed by atoms with E-state index in [4.69, 9.17) is 19.4 Å². The average Bonchev–Trinajstić information content (AvgIpc) is 4.07. The van der Waals surface area contributed by atoms with Gasteiger partial charge in [0.25, 0.3) is 5.91 Å². The summed E-state index contributed by atoms with van der Waals surface area (Å²) < 4.78 is 14.3. The minimum atomic E-state index is -1.05. The number of nitrogens with one attached hydrogen (secondary N) is 2. The van der Waals surface area contributed by atoms with Crippen molar-refractivity contribution in [3.8, 4) is 22.5 Å². The topological polar surface area (TPSA) is 154 Å². The van der Waals surface area contributed by atoms with Gasteiger partial charge in [-0.25, -0.2) is 15.2 Å². The van der Waals surface area contributed by atoms with Crippen LogP contribution in [0.3, 0.4) is 0 Å². The summed E-state index contributed by atoms with van der Waals surface area (Å²) in [6.45, 7) is 24.3. The summed E-state index contributed by atoms with van der Waals surface area (Å²) in [5.74, 6) is -0.867. The molecule has 364 valence electrons. The standard InChI is InChI=1S/C52H69N9O6S/c1-11-32(5)58-22-19-35-26-59(28-36(35)27-58)51(65)57(9)46(31(3)4)48(62)55-41-24-44-54-42(29-68-44)34-17-18-43-38(23-34)39(47(60(43)12-2)37-15-13-20-53-45(37)33(6)66-10)25-52(7,8)30-67-50(64)40-16-14-21-61(56-40)49(41)63/h11,13,15,17-18,20,23,29,31,33,35-36,40-41,46,56H,1,5,12,14,16,19,21-22,24-28,30H2,2-4,6-10H3,(H,55,62)/t33-,35-,36+,40-,41-,46-/m0/s1. The highest BCUT2D eigenvalue weighted by atomic mass is 32.1. The average molecular weight is 948 g/mol. The molecule has 3 saturated heterocycles. The molecule has 0 radical (unpaired) electrons. The SMILES string of the molecule is C=CC(=C)N1CC[C@H]2CN(C(=O)N(C)[C@H](C(=O)N[C@H]3Cc4nc(cs4)-c4ccc5c(c4)c(c(-c4cccnc4[C@H](C)OC)n5CC)CC(C)(C)COC(=O)[C@@H]4CCCN(N4)C3=O)C(C)C)C[C@H]2C1. The highest BCUT2D eigenvalue weighted by Crippen LogP contribution is 2.42. The first-order valence-corrected chi connectivity index (χ1v) is 25.1. The van der Waals surface area contributed by atoms with Crippen molar-refractivity contribution in [3.05, 3.63) is 83.1 Å². The molecule has 0 saturated carbocycles. The van der Waals surface area contributed by atoms with Gasteiger partial charge in [0.2, 0.25) is 5.91 Å². The minimum absolute atomic E-state index is 0.104. The maximum atomic E-state index is 14.7. The van der Waals surface area contributed by atoms with E-state index >= 15 is 0 Å². The van der Waals surface area contributed by atoms with E-state index in [2.05, 4.69) is 78.4 Å². The number of nitrogens with zero attached hydrogens (tertiary/aromatic N) is 7. The number of thiazole rings is 1. The van der Waals surface area contributed by atoms with E-state index in [1.807, 2.05) is 37.1 Å². The molecule has 4 aliphatic heterocycles. The molecule has 6 atom stereocenters. The van der Waals surface area contributed by atoms with Crippen LogP contribution in [-0.2, 0) is 43.2 Å². The van der Waals surface area contributed by atoms with Gasteiger partial charge in [0.05, 0.1) is 34.8 Å². The number of carbonyl (C=O) groups excluding carboxylic acids is 4. The number of aryl methyl sites for hydroxylation is 1. The summed E-state index contributed by atoms with van der Waals surface area (Å²) in [6, 6.07) is 7.58. The van der Waals surface area contributed by atoms with Crippen LogP contribution in [0, 0.1) is 23.2 Å². The number of amides is 4. The Labute approximate surface area is 404 Å². The van der Waals surface area contributed by atoms with Crippen LogP contribution in [-0.4, -0.2) is 130 Å². The summed E-state index contributed by atoms with van der Waals surface area (Å²) in [7, 11) is 3.37. The Hall–Kier alpha value is -5.58. The van der Waals surface area contributed by atoms with E-state index in [1.165, 1.54) is 21.2 Å². The molecule has 2 N–H and O–H groups in total. The van der Waals surface area contributed by atoms with Gasteiger partial charge in [-0.2, -0.15) is 0 Å². The number of hydrazine groups is 1. The number of benzene rings is 1. The van der Waals surface area contributed by atoms with Crippen LogP contribution in [0.25, 0.3) is 33.4 Å². The first kappa shape index (κ1) is 48.9. The highest BCUT2D eigenvalue weighted by molar-refractivity contribution is 7.10. The van der Waals surface area contributed by atoms with Gasteiger partial charge in [-0.15, -0.1) is 11.3 Å². The summed E-state index contributed by atoms with van der Waals surface area (Å²) in [5, 5.41) is 8.26. The molecule has 6 bridgehead atoms. The number of methoxy groups -OCH3 is 1. The van der Waals surface area contributed by atoms with Crippen LogP contribution >= 0.6 is 11.3 Å². The van der Waals surface area contributed by atoms with Crippen LogP contribution in [0.5, 0.6) is 0 Å². The molecule has 16 heteroatoms. The van der Waals surface area contributed by atoms with Gasteiger partial charge < -0.3 is 34.1 Å². The van der Waals surface area contributed by atoms with Crippen LogP contribution in [0.4, 0.5) is 4.79 Å². The quantitative estimate of drug-likeness (QED) is 0.123. The lowest BCUT2D eigenvalue weighted by molar-refractivity contribution is -0.155. The number of likely N-dealkylation sites (N-methyl/N-ethyl adjacent to an activating group) is 1. The third-order valence-corrected chi connectivity index (χ3v) is 15.4. The molecule has 4 aromatic rings. The van der Waals surface area contributed by atoms with Crippen molar-refractivity contribution in [1.82, 2.24) is 45.0 Å². The van der Waals surface area contributed by atoms with E-state index in [0.29, 0.717) is 62.3 Å². The van der Waals surface area contributed by atoms with Crippen molar-refractivity contribution in [2.75, 3.05) is 53.5 Å². The maximum Gasteiger partial charge on any atom is 0.324 e. The number of carbonyl (C=O) groups is 4. The fourth-order valence-corrected chi connectivity index (χ4v) is 11.7. The molecular weight excluding hydrogens is 879 g/mol. The predicted molar refractivity (Wildman–Crippen MR) is 265 cm³/mol. The Bertz CT molecular complexity index is 2570. The number of hydrogen-bond acceptors (Lipinski definition) is 11. The molecule has 68 heavy (non-hydrogen) atoms. The zero-order valence-electron chi connectivity index (χ0n) is 41.0. The Kier molecular flexibility index (Phi) is 14.5. The number of likely N-dealkylation sites (tertiary alicyclic amines) is 2. The number of ether oxygens (including phenoxy) is 2. The maximum absolute atomic E-state index is 14.7. The molecule has 8 rings (SSSR count). The zero-order chi connectivity index (χ0) is 48.6. The van der Waals surface area contributed by atoms with E-state index in [-0.39, 0.29) is 31.1 Å². The Morgan fingerprint density at radius 2 is 1.87 bits per heavy atom. The van der Waals surface area contributed by atoms with Crippen LogP contribution in [0.2, 0.25) is 0 Å². The van der Waals surface area contributed by atoms with Crippen LogP contribution in [0.1, 0.15) is 83.2 Å². The van der Waals surface area contributed by atoms with Crippen molar-refractivity contribution in [1.29, 1.82) is 0 Å². The van der Waals surface area contributed by atoms with Gasteiger partial charge in [-0.3, -0.25) is 24.4 Å². The molecular formula is C52H69N9O6S. The number of aromatic nitrogens is 3.